The van der Waals surface area contributed by atoms with Crippen LogP contribution in [-0.2, 0) is 0 Å². The predicted octanol–water partition coefficient (Wildman–Crippen LogP) is 0.108. The van der Waals surface area contributed by atoms with Gasteiger partial charge < -0.3 is 16.2 Å². The quantitative estimate of drug-likeness (QED) is 0.526. The van der Waals surface area contributed by atoms with Crippen molar-refractivity contribution in [1.29, 1.82) is 0 Å². The van der Waals surface area contributed by atoms with E-state index in [-0.39, 0.29) is 6.04 Å². The molecular formula is C13H23N3O. The van der Waals surface area contributed by atoms with E-state index in [1.165, 1.54) is 5.57 Å². The van der Waals surface area contributed by atoms with E-state index in [4.69, 9.17) is 5.73 Å². The van der Waals surface area contributed by atoms with Crippen LogP contribution in [0.4, 0.5) is 0 Å². The van der Waals surface area contributed by atoms with Crippen LogP contribution in [0, 0.1) is 5.92 Å². The number of hydrogen-bond donors (Lipinski definition) is 4. The van der Waals surface area contributed by atoms with Gasteiger partial charge in [0.15, 0.2) is 0 Å². The lowest BCUT2D eigenvalue weighted by Crippen LogP contribution is -2.54. The van der Waals surface area contributed by atoms with Crippen LogP contribution in [0.25, 0.3) is 0 Å². The molecule has 5 N–H and O–H groups in total. The molecular weight excluding hydrogens is 214 g/mol. The fourth-order valence-corrected chi connectivity index (χ4v) is 2.99. The molecule has 0 radical (unpaired) electrons. The molecule has 0 bridgehead atoms. The molecule has 2 heterocycles. The topological polar surface area (TPSA) is 70.3 Å². The summed E-state index contributed by atoms with van der Waals surface area (Å²) in [4.78, 5) is 0. The molecule has 0 aromatic carbocycles. The Labute approximate surface area is 103 Å². The van der Waals surface area contributed by atoms with Crippen LogP contribution in [0.2, 0.25) is 0 Å². The minimum absolute atomic E-state index is 0.278. The number of aliphatic hydroxyl groups is 1. The summed E-state index contributed by atoms with van der Waals surface area (Å²) in [6, 6.07) is 0.278. The monoisotopic (exact) mass is 237 g/mol. The van der Waals surface area contributed by atoms with Gasteiger partial charge in [-0.05, 0) is 31.9 Å². The van der Waals surface area contributed by atoms with Crippen molar-refractivity contribution < 1.29 is 5.11 Å². The molecule has 4 nitrogen and oxygen atoms in total. The molecule has 0 saturated carbocycles. The van der Waals surface area contributed by atoms with E-state index in [1.54, 1.807) is 0 Å². The molecule has 4 heteroatoms. The summed E-state index contributed by atoms with van der Waals surface area (Å²) in [6.07, 6.45) is 1.33. The molecule has 0 aromatic heterocycles. The Morgan fingerprint density at radius 1 is 1.59 bits per heavy atom. The van der Waals surface area contributed by atoms with Crippen molar-refractivity contribution in [3.8, 4) is 0 Å². The molecule has 1 fully saturated rings. The number of fused-ring (bicyclic) bond motifs is 1. The highest BCUT2D eigenvalue weighted by Gasteiger charge is 2.35. The van der Waals surface area contributed by atoms with E-state index >= 15 is 0 Å². The van der Waals surface area contributed by atoms with Crippen molar-refractivity contribution in [3.63, 3.8) is 0 Å². The van der Waals surface area contributed by atoms with E-state index in [9.17, 15) is 5.11 Å². The van der Waals surface area contributed by atoms with Gasteiger partial charge in [-0.1, -0.05) is 11.1 Å². The molecule has 2 aliphatic heterocycles. The highest BCUT2D eigenvalue weighted by atomic mass is 16.3. The van der Waals surface area contributed by atoms with Gasteiger partial charge >= 0.3 is 0 Å². The van der Waals surface area contributed by atoms with Gasteiger partial charge in [-0.2, -0.15) is 0 Å². The number of hydrogen-bond acceptors (Lipinski definition) is 4. The van der Waals surface area contributed by atoms with Crippen molar-refractivity contribution in [3.05, 3.63) is 23.3 Å². The van der Waals surface area contributed by atoms with Crippen molar-refractivity contribution in [1.82, 2.24) is 10.6 Å². The van der Waals surface area contributed by atoms with Crippen molar-refractivity contribution in [2.24, 2.45) is 11.7 Å². The zero-order valence-corrected chi connectivity index (χ0v) is 10.5. The molecule has 0 spiro atoms. The van der Waals surface area contributed by atoms with Crippen molar-refractivity contribution in [2.75, 3.05) is 19.6 Å². The maximum atomic E-state index is 10.1. The highest BCUT2D eigenvalue weighted by molar-refractivity contribution is 5.29. The number of aliphatic hydroxyl groups excluding tert-OH is 1. The minimum Gasteiger partial charge on any atom is -0.375 e. The summed E-state index contributed by atoms with van der Waals surface area (Å²) in [6.45, 7) is 8.40. The van der Waals surface area contributed by atoms with Crippen LogP contribution in [0.5, 0.6) is 0 Å². The molecule has 1 saturated heterocycles. The summed E-state index contributed by atoms with van der Waals surface area (Å²) >= 11 is 0. The summed E-state index contributed by atoms with van der Waals surface area (Å²) in [5, 5.41) is 16.8. The van der Waals surface area contributed by atoms with Gasteiger partial charge in [-0.15, -0.1) is 6.58 Å². The van der Waals surface area contributed by atoms with Gasteiger partial charge in [-0.25, -0.2) is 0 Å². The van der Waals surface area contributed by atoms with E-state index in [0.29, 0.717) is 12.5 Å². The maximum Gasteiger partial charge on any atom is 0.128 e. The molecule has 2 aliphatic rings. The maximum absolute atomic E-state index is 10.1. The molecule has 0 aliphatic carbocycles. The second kappa shape index (κ2) is 5.31. The first-order valence-electron chi connectivity index (χ1n) is 6.34. The molecule has 17 heavy (non-hydrogen) atoms. The van der Waals surface area contributed by atoms with Gasteiger partial charge in [0.1, 0.15) is 6.23 Å². The Balaban J connectivity index is 2.25. The van der Waals surface area contributed by atoms with Gasteiger partial charge in [-0.3, -0.25) is 5.32 Å². The van der Waals surface area contributed by atoms with Crippen molar-refractivity contribution in [2.45, 2.75) is 32.0 Å². The summed E-state index contributed by atoms with van der Waals surface area (Å²) in [5.41, 5.74) is 9.26. The lowest BCUT2D eigenvalue weighted by molar-refractivity contribution is 0.121. The third-order valence-corrected chi connectivity index (χ3v) is 3.77. The number of nitrogens with one attached hydrogen (secondary N) is 2. The normalized spacial score (nSPS) is 33.5. The van der Waals surface area contributed by atoms with Gasteiger partial charge in [0.25, 0.3) is 0 Å². The number of piperidine rings is 1. The van der Waals surface area contributed by atoms with Crippen LogP contribution in [-0.4, -0.2) is 37.0 Å². The Morgan fingerprint density at radius 3 is 3.00 bits per heavy atom. The second-order valence-electron chi connectivity index (χ2n) is 5.15. The Morgan fingerprint density at radius 2 is 2.35 bits per heavy atom. The summed E-state index contributed by atoms with van der Waals surface area (Å²) in [7, 11) is 0. The molecule has 2 rings (SSSR count). The summed E-state index contributed by atoms with van der Waals surface area (Å²) < 4.78 is 0. The first-order chi connectivity index (χ1) is 8.13. The largest absolute Gasteiger partial charge is 0.375 e. The third-order valence-electron chi connectivity index (χ3n) is 3.77. The SMILES string of the molecule is C=C(C)CC1NC(O)C(CN)=C2CCNC[C@@H]21. The number of nitrogens with two attached hydrogens (primary N) is 1. The third kappa shape index (κ3) is 2.60. The lowest BCUT2D eigenvalue weighted by atomic mass is 9.78. The lowest BCUT2D eigenvalue weighted by Gasteiger charge is -2.42. The highest BCUT2D eigenvalue weighted by Crippen LogP contribution is 2.32. The Bertz CT molecular complexity index is 338. The predicted molar refractivity (Wildman–Crippen MR) is 69.4 cm³/mol. The molecule has 0 aromatic rings. The van der Waals surface area contributed by atoms with Crippen LogP contribution < -0.4 is 16.4 Å². The van der Waals surface area contributed by atoms with E-state index in [2.05, 4.69) is 17.2 Å². The summed E-state index contributed by atoms with van der Waals surface area (Å²) in [5.74, 6) is 0.447. The number of rotatable bonds is 3. The van der Waals surface area contributed by atoms with E-state index < -0.39 is 6.23 Å². The zero-order chi connectivity index (χ0) is 12.4. The Hall–Kier alpha value is -0.680. The second-order valence-corrected chi connectivity index (χ2v) is 5.15. The zero-order valence-electron chi connectivity index (χ0n) is 10.5. The van der Waals surface area contributed by atoms with Gasteiger partial charge in [0, 0.05) is 25.0 Å². The van der Waals surface area contributed by atoms with Gasteiger partial charge in [0.05, 0.1) is 0 Å². The van der Waals surface area contributed by atoms with E-state index in [1.807, 2.05) is 6.92 Å². The average Bonchev–Trinajstić information content (AvgIpc) is 2.28. The van der Waals surface area contributed by atoms with Crippen LogP contribution in [0.15, 0.2) is 23.3 Å². The molecule has 96 valence electrons. The molecule has 2 unspecified atom stereocenters. The average molecular weight is 237 g/mol. The van der Waals surface area contributed by atoms with Crippen molar-refractivity contribution >= 4 is 0 Å². The van der Waals surface area contributed by atoms with Crippen LogP contribution in [0.3, 0.4) is 0 Å². The molecule has 0 amide bonds. The fourth-order valence-electron chi connectivity index (χ4n) is 2.99. The standard InChI is InChI=1S/C13H23N3O/c1-8(2)5-12-11-7-15-4-3-9(11)10(6-14)13(17)16-12/h11-13,15-17H,1,3-7,14H2,2H3/t11-,12?,13?/m0/s1. The minimum atomic E-state index is -0.575. The van der Waals surface area contributed by atoms with Gasteiger partial charge in [0.2, 0.25) is 0 Å². The smallest absolute Gasteiger partial charge is 0.128 e. The first kappa shape index (κ1) is 12.8. The van der Waals surface area contributed by atoms with Crippen LogP contribution in [0.1, 0.15) is 19.8 Å². The van der Waals surface area contributed by atoms with E-state index in [0.717, 1.165) is 37.1 Å². The molecule has 3 atom stereocenters. The first-order valence-corrected chi connectivity index (χ1v) is 6.34. The fraction of sp³-hybridized carbons (Fsp3) is 0.692. The van der Waals surface area contributed by atoms with Crippen LogP contribution >= 0.6 is 0 Å². The Kier molecular flexibility index (Phi) is 3.99.